The van der Waals surface area contributed by atoms with Gasteiger partial charge in [0.25, 0.3) is 0 Å². The lowest BCUT2D eigenvalue weighted by atomic mass is 10.0. The predicted molar refractivity (Wildman–Crippen MR) is 134 cm³/mol. The second kappa shape index (κ2) is 9.86. The number of thiazole rings is 1. The molecule has 0 unspecified atom stereocenters. The van der Waals surface area contributed by atoms with Gasteiger partial charge in [0.15, 0.2) is 5.13 Å². The van der Waals surface area contributed by atoms with Crippen LogP contribution in [0, 0.1) is 0 Å². The van der Waals surface area contributed by atoms with Crippen molar-refractivity contribution in [2.75, 3.05) is 10.7 Å². The number of para-hydroxylation sites is 1. The van der Waals surface area contributed by atoms with Gasteiger partial charge in [-0.25, -0.2) is 4.98 Å². The third kappa shape index (κ3) is 5.29. The van der Waals surface area contributed by atoms with Gasteiger partial charge in [-0.1, -0.05) is 79.2 Å². The van der Waals surface area contributed by atoms with E-state index >= 15 is 0 Å². The number of anilines is 1. The van der Waals surface area contributed by atoms with Gasteiger partial charge >= 0.3 is 0 Å². The van der Waals surface area contributed by atoms with Gasteiger partial charge in [0.05, 0.1) is 22.5 Å². The summed E-state index contributed by atoms with van der Waals surface area (Å²) in [7, 11) is 0. The molecule has 0 radical (unpaired) electrons. The van der Waals surface area contributed by atoms with Gasteiger partial charge in [0.1, 0.15) is 0 Å². The van der Waals surface area contributed by atoms with Crippen LogP contribution in [-0.2, 0) is 11.3 Å². The van der Waals surface area contributed by atoms with Gasteiger partial charge in [-0.3, -0.25) is 9.69 Å². The summed E-state index contributed by atoms with van der Waals surface area (Å²) < 4.78 is 1.11. The molecule has 3 aromatic carbocycles. The van der Waals surface area contributed by atoms with E-state index in [1.165, 1.54) is 17.3 Å². The zero-order valence-corrected chi connectivity index (χ0v) is 19.8. The number of carbonyl (C=O) groups excluding carboxylic acids is 1. The van der Waals surface area contributed by atoms with E-state index in [1.54, 1.807) is 11.3 Å². The highest BCUT2D eigenvalue weighted by atomic mass is 35.5. The quantitative estimate of drug-likeness (QED) is 0.266. The lowest BCUT2D eigenvalue weighted by molar-refractivity contribution is -0.116. The molecule has 0 aliphatic rings. The van der Waals surface area contributed by atoms with Crippen molar-refractivity contribution in [2.45, 2.75) is 31.2 Å². The molecular weight excluding hydrogens is 444 g/mol. The Hall–Kier alpha value is -2.34. The van der Waals surface area contributed by atoms with Crippen LogP contribution in [0.4, 0.5) is 5.13 Å². The molecular formula is C25H23ClN2OS2. The number of nitrogens with zero attached hydrogens (tertiary/aromatic N) is 2. The van der Waals surface area contributed by atoms with Crippen molar-refractivity contribution in [1.82, 2.24) is 4.98 Å². The number of fused-ring (bicyclic) bond motifs is 1. The van der Waals surface area contributed by atoms with E-state index in [0.717, 1.165) is 25.8 Å². The summed E-state index contributed by atoms with van der Waals surface area (Å²) in [6.45, 7) is 4.84. The van der Waals surface area contributed by atoms with Gasteiger partial charge in [-0.2, -0.15) is 0 Å². The van der Waals surface area contributed by atoms with Crippen LogP contribution >= 0.6 is 34.7 Å². The van der Waals surface area contributed by atoms with Crippen LogP contribution in [0.25, 0.3) is 10.2 Å². The first-order valence-electron chi connectivity index (χ1n) is 10.1. The maximum atomic E-state index is 13.3. The van der Waals surface area contributed by atoms with E-state index in [9.17, 15) is 4.79 Å². The summed E-state index contributed by atoms with van der Waals surface area (Å²) in [4.78, 5) is 21.1. The minimum Gasteiger partial charge on any atom is -0.283 e. The largest absolute Gasteiger partial charge is 0.283 e. The Morgan fingerprint density at radius 1 is 1.03 bits per heavy atom. The maximum absolute atomic E-state index is 13.3. The monoisotopic (exact) mass is 466 g/mol. The van der Waals surface area contributed by atoms with Crippen LogP contribution in [0.1, 0.15) is 30.9 Å². The van der Waals surface area contributed by atoms with E-state index < -0.39 is 0 Å². The third-order valence-corrected chi connectivity index (χ3v) is 7.24. The molecule has 0 aliphatic carbocycles. The minimum atomic E-state index is 0.0361. The van der Waals surface area contributed by atoms with Gasteiger partial charge in [0.2, 0.25) is 5.91 Å². The Balaban J connectivity index is 1.64. The fraction of sp³-hybridized carbons (Fsp3) is 0.200. The van der Waals surface area contributed by atoms with Crippen LogP contribution in [0.3, 0.4) is 0 Å². The molecule has 158 valence electrons. The molecule has 0 N–H and O–H groups in total. The Labute approximate surface area is 196 Å². The molecule has 6 heteroatoms. The zero-order chi connectivity index (χ0) is 21.8. The Morgan fingerprint density at radius 2 is 1.77 bits per heavy atom. The number of amides is 1. The van der Waals surface area contributed by atoms with Crippen molar-refractivity contribution in [3.8, 4) is 0 Å². The van der Waals surface area contributed by atoms with Gasteiger partial charge in [-0.05, 0) is 47.4 Å². The standard InChI is InChI=1S/C25H23ClN2OS2/c1-17(2)21-9-6-10-22-24(21)27-25(31-22)28(15-18-7-4-3-5-8-18)23(29)16-30-20-13-11-19(26)12-14-20/h3-14,17H,15-16H2,1-2H3. The fourth-order valence-electron chi connectivity index (χ4n) is 3.32. The number of hydrogen-bond acceptors (Lipinski definition) is 4. The van der Waals surface area contributed by atoms with E-state index in [0.29, 0.717) is 23.2 Å². The lowest BCUT2D eigenvalue weighted by Crippen LogP contribution is -2.31. The zero-order valence-electron chi connectivity index (χ0n) is 17.4. The van der Waals surface area contributed by atoms with E-state index in [-0.39, 0.29) is 5.91 Å². The highest BCUT2D eigenvalue weighted by molar-refractivity contribution is 8.00. The summed E-state index contributed by atoms with van der Waals surface area (Å²) in [6, 6.07) is 23.9. The first kappa shape index (κ1) is 21.9. The van der Waals surface area contributed by atoms with Crippen LogP contribution in [-0.4, -0.2) is 16.6 Å². The molecule has 0 aliphatic heterocycles. The number of aromatic nitrogens is 1. The van der Waals surface area contributed by atoms with Crippen LogP contribution in [0.2, 0.25) is 5.02 Å². The molecule has 31 heavy (non-hydrogen) atoms. The van der Waals surface area contributed by atoms with Crippen molar-refractivity contribution >= 4 is 56.0 Å². The second-order valence-corrected chi connectivity index (χ2v) is 10.0. The molecule has 3 nitrogen and oxygen atoms in total. The van der Waals surface area contributed by atoms with Crippen molar-refractivity contribution in [3.05, 3.63) is 88.9 Å². The molecule has 1 heterocycles. The smallest absolute Gasteiger partial charge is 0.239 e. The SMILES string of the molecule is CC(C)c1cccc2sc(N(Cc3ccccc3)C(=O)CSc3ccc(Cl)cc3)nc12. The number of rotatable bonds is 7. The highest BCUT2D eigenvalue weighted by Gasteiger charge is 2.21. The molecule has 0 atom stereocenters. The first-order chi connectivity index (χ1) is 15.0. The molecule has 1 aromatic heterocycles. The summed E-state index contributed by atoms with van der Waals surface area (Å²) >= 11 is 9.07. The van der Waals surface area contributed by atoms with Crippen LogP contribution in [0.5, 0.6) is 0 Å². The molecule has 0 fully saturated rings. The fourth-order valence-corrected chi connectivity index (χ4v) is 5.24. The number of thioether (sulfide) groups is 1. The van der Waals surface area contributed by atoms with Crippen molar-refractivity contribution in [3.63, 3.8) is 0 Å². The van der Waals surface area contributed by atoms with E-state index in [2.05, 4.69) is 32.0 Å². The summed E-state index contributed by atoms with van der Waals surface area (Å²) in [5.41, 5.74) is 3.28. The molecule has 0 spiro atoms. The van der Waals surface area contributed by atoms with Gasteiger partial charge in [0, 0.05) is 9.92 Å². The molecule has 0 saturated heterocycles. The first-order valence-corrected chi connectivity index (χ1v) is 12.3. The molecule has 4 aromatic rings. The average molecular weight is 467 g/mol. The minimum absolute atomic E-state index is 0.0361. The maximum Gasteiger partial charge on any atom is 0.239 e. The predicted octanol–water partition coefficient (Wildman–Crippen LogP) is 7.40. The second-order valence-electron chi connectivity index (χ2n) is 7.55. The summed E-state index contributed by atoms with van der Waals surface area (Å²) in [5, 5.41) is 1.44. The normalized spacial score (nSPS) is 11.2. The molecule has 1 amide bonds. The van der Waals surface area contributed by atoms with Crippen molar-refractivity contribution < 1.29 is 4.79 Å². The number of halogens is 1. The third-order valence-electron chi connectivity index (χ3n) is 4.95. The van der Waals surface area contributed by atoms with Crippen molar-refractivity contribution in [2.24, 2.45) is 0 Å². The summed E-state index contributed by atoms with van der Waals surface area (Å²) in [6.07, 6.45) is 0. The van der Waals surface area contributed by atoms with Gasteiger partial charge < -0.3 is 0 Å². The topological polar surface area (TPSA) is 33.2 Å². The van der Waals surface area contributed by atoms with Crippen molar-refractivity contribution in [1.29, 1.82) is 0 Å². The van der Waals surface area contributed by atoms with E-state index in [4.69, 9.17) is 16.6 Å². The number of benzene rings is 3. The Kier molecular flexibility index (Phi) is 6.96. The average Bonchev–Trinajstić information content (AvgIpc) is 3.21. The van der Waals surface area contributed by atoms with Gasteiger partial charge in [-0.15, -0.1) is 11.8 Å². The number of carbonyl (C=O) groups is 1. The Morgan fingerprint density at radius 3 is 2.48 bits per heavy atom. The van der Waals surface area contributed by atoms with Crippen LogP contribution < -0.4 is 4.90 Å². The van der Waals surface area contributed by atoms with E-state index in [1.807, 2.05) is 59.5 Å². The van der Waals surface area contributed by atoms with Crippen LogP contribution in [0.15, 0.2) is 77.7 Å². The summed E-state index contributed by atoms with van der Waals surface area (Å²) in [5.74, 6) is 0.743. The Bertz CT molecular complexity index is 1170. The lowest BCUT2D eigenvalue weighted by Gasteiger charge is -2.20. The highest BCUT2D eigenvalue weighted by Crippen LogP contribution is 2.34. The molecule has 4 rings (SSSR count). The molecule has 0 saturated carbocycles. The molecule has 0 bridgehead atoms. The number of hydrogen-bond donors (Lipinski definition) is 0.